The number of carbonyl (C=O) groups is 2. The first kappa shape index (κ1) is 27.5. The van der Waals surface area contributed by atoms with Crippen molar-refractivity contribution in [1.82, 2.24) is 0 Å². The summed E-state index contributed by atoms with van der Waals surface area (Å²) in [7, 11) is 0. The smallest absolute Gasteiger partial charge is 0.471 e. The normalized spacial score (nSPS) is 15.9. The zero-order valence-corrected chi connectivity index (χ0v) is 12.8. The largest absolute Gasteiger partial charge is 0.477 e. The molecule has 0 radical (unpaired) electrons. The SMILES string of the molecule is O=C(O)C(F)(F)C(F)(OC(F)(C(F)(F)F)C(F)(F)OC(F)=C(F)F)C(F)(F)C(=O)O. The standard InChI is InChI=1S/C10H2F14O6/c11-1(12)2(13)29-10(23,24)8(19,9(20,21)22)30-7(18,5(14,15)3(25)26)6(16,17)4(27)28/h(H,25,26)(H,27,28). The highest BCUT2D eigenvalue weighted by molar-refractivity contribution is 5.82. The van der Waals surface area contributed by atoms with Gasteiger partial charge in [0.2, 0.25) is 0 Å². The minimum atomic E-state index is -7.81. The van der Waals surface area contributed by atoms with Crippen molar-refractivity contribution in [2.45, 2.75) is 35.8 Å². The Kier molecular flexibility index (Phi) is 6.97. The van der Waals surface area contributed by atoms with Gasteiger partial charge in [0, 0.05) is 0 Å². The van der Waals surface area contributed by atoms with Crippen molar-refractivity contribution >= 4 is 11.9 Å². The molecule has 0 spiro atoms. The van der Waals surface area contributed by atoms with Crippen molar-refractivity contribution in [3.8, 4) is 0 Å². The van der Waals surface area contributed by atoms with E-state index in [1.807, 2.05) is 4.74 Å². The van der Waals surface area contributed by atoms with E-state index < -0.39 is 59.9 Å². The average molecular weight is 484 g/mol. The van der Waals surface area contributed by atoms with E-state index >= 15 is 0 Å². The molecule has 0 heterocycles. The number of alkyl halides is 11. The quantitative estimate of drug-likeness (QED) is 0.380. The third kappa shape index (κ3) is 4.17. The minimum Gasteiger partial charge on any atom is -0.477 e. The Morgan fingerprint density at radius 3 is 1.20 bits per heavy atom. The van der Waals surface area contributed by atoms with Gasteiger partial charge in [0.25, 0.3) is 0 Å². The van der Waals surface area contributed by atoms with Gasteiger partial charge in [-0.2, -0.15) is 61.5 Å². The zero-order chi connectivity index (χ0) is 24.7. The number of halogens is 14. The van der Waals surface area contributed by atoms with Crippen LogP contribution in [-0.4, -0.2) is 58.0 Å². The van der Waals surface area contributed by atoms with Crippen molar-refractivity contribution in [1.29, 1.82) is 0 Å². The second-order valence-corrected chi connectivity index (χ2v) is 4.70. The van der Waals surface area contributed by atoms with E-state index in [1.54, 1.807) is 4.74 Å². The Bertz CT molecular complexity index is 699. The number of ether oxygens (including phenoxy) is 2. The Morgan fingerprint density at radius 1 is 0.633 bits per heavy atom. The van der Waals surface area contributed by atoms with Crippen LogP contribution in [0.3, 0.4) is 0 Å². The highest BCUT2D eigenvalue weighted by Gasteiger charge is 2.87. The lowest BCUT2D eigenvalue weighted by Gasteiger charge is -2.41. The van der Waals surface area contributed by atoms with E-state index in [0.29, 0.717) is 0 Å². The highest BCUT2D eigenvalue weighted by Crippen LogP contribution is 2.55. The Morgan fingerprint density at radius 2 is 0.967 bits per heavy atom. The molecule has 0 bridgehead atoms. The number of carboxylic acids is 2. The van der Waals surface area contributed by atoms with Gasteiger partial charge in [-0.1, -0.05) is 0 Å². The third-order valence-corrected chi connectivity index (χ3v) is 2.73. The van der Waals surface area contributed by atoms with Crippen LogP contribution in [0, 0.1) is 0 Å². The summed E-state index contributed by atoms with van der Waals surface area (Å²) in [5, 5.41) is 15.9. The Balaban J connectivity index is 7.04. The first-order valence-corrected chi connectivity index (χ1v) is 6.07. The van der Waals surface area contributed by atoms with Crippen LogP contribution in [0.5, 0.6) is 0 Å². The van der Waals surface area contributed by atoms with E-state index in [1.165, 1.54) is 0 Å². The van der Waals surface area contributed by atoms with Crippen LogP contribution in [-0.2, 0) is 19.1 Å². The first-order chi connectivity index (χ1) is 12.9. The summed E-state index contributed by atoms with van der Waals surface area (Å²) < 4.78 is 185. The van der Waals surface area contributed by atoms with Gasteiger partial charge in [-0.25, -0.2) is 9.59 Å². The molecule has 6 nitrogen and oxygen atoms in total. The lowest BCUT2D eigenvalue weighted by Crippen LogP contribution is -2.71. The van der Waals surface area contributed by atoms with Crippen molar-refractivity contribution in [3.05, 3.63) is 12.1 Å². The maximum atomic E-state index is 14.0. The van der Waals surface area contributed by atoms with Gasteiger partial charge in [-0.15, -0.1) is 0 Å². The summed E-state index contributed by atoms with van der Waals surface area (Å²) in [6.45, 7) is 0. The number of carboxylic acid groups (broad SMARTS) is 2. The second kappa shape index (κ2) is 7.61. The molecule has 0 aromatic heterocycles. The Labute approximate surface area is 152 Å². The van der Waals surface area contributed by atoms with E-state index in [-0.39, 0.29) is 0 Å². The molecule has 176 valence electrons. The van der Waals surface area contributed by atoms with E-state index in [4.69, 9.17) is 10.2 Å². The van der Waals surface area contributed by atoms with Gasteiger partial charge >= 0.3 is 59.9 Å². The first-order valence-electron chi connectivity index (χ1n) is 6.07. The summed E-state index contributed by atoms with van der Waals surface area (Å²) >= 11 is 0. The van der Waals surface area contributed by atoms with E-state index in [2.05, 4.69) is 0 Å². The molecule has 0 aliphatic heterocycles. The molecule has 30 heavy (non-hydrogen) atoms. The molecule has 0 aromatic carbocycles. The topological polar surface area (TPSA) is 93.1 Å². The molecule has 0 saturated carbocycles. The van der Waals surface area contributed by atoms with Gasteiger partial charge in [-0.3, -0.25) is 4.74 Å². The van der Waals surface area contributed by atoms with Crippen LogP contribution in [0.25, 0.3) is 0 Å². The predicted molar refractivity (Wildman–Crippen MR) is 56.4 cm³/mol. The molecule has 0 aliphatic carbocycles. The summed E-state index contributed by atoms with van der Waals surface area (Å²) in [6.07, 6.45) is -19.3. The van der Waals surface area contributed by atoms with Crippen LogP contribution < -0.4 is 0 Å². The third-order valence-electron chi connectivity index (χ3n) is 2.73. The molecule has 1 unspecified atom stereocenters. The van der Waals surface area contributed by atoms with Gasteiger partial charge in [0.15, 0.2) is 0 Å². The van der Waals surface area contributed by atoms with Gasteiger partial charge < -0.3 is 14.9 Å². The summed E-state index contributed by atoms with van der Waals surface area (Å²) in [6, 6.07) is -4.07. The lowest BCUT2D eigenvalue weighted by molar-refractivity contribution is -0.509. The summed E-state index contributed by atoms with van der Waals surface area (Å²) in [5.74, 6) is -38.5. The fraction of sp³-hybridized carbons (Fsp3) is 0.600. The molecule has 0 amide bonds. The molecular weight excluding hydrogens is 482 g/mol. The maximum Gasteiger partial charge on any atom is 0.471 e. The molecule has 0 rings (SSSR count). The van der Waals surface area contributed by atoms with Crippen molar-refractivity contribution in [3.63, 3.8) is 0 Å². The van der Waals surface area contributed by atoms with Crippen LogP contribution in [0.1, 0.15) is 0 Å². The van der Waals surface area contributed by atoms with Crippen molar-refractivity contribution < 1.29 is 90.7 Å². The molecule has 0 fully saturated rings. The fourth-order valence-electron chi connectivity index (χ4n) is 1.29. The molecule has 0 saturated heterocycles. The minimum absolute atomic E-state index is 1.66. The predicted octanol–water partition coefficient (Wildman–Crippen LogP) is 3.98. The molecule has 20 heteroatoms. The molecule has 2 N–H and O–H groups in total. The maximum absolute atomic E-state index is 14.0. The van der Waals surface area contributed by atoms with Crippen LogP contribution >= 0.6 is 0 Å². The molecule has 0 aromatic rings. The second-order valence-electron chi connectivity index (χ2n) is 4.70. The van der Waals surface area contributed by atoms with Gasteiger partial charge in [-0.05, 0) is 0 Å². The fourth-order valence-corrected chi connectivity index (χ4v) is 1.29. The van der Waals surface area contributed by atoms with Crippen LogP contribution in [0.2, 0.25) is 0 Å². The van der Waals surface area contributed by atoms with Gasteiger partial charge in [0.1, 0.15) is 0 Å². The Hall–Kier alpha value is -2.54. The monoisotopic (exact) mass is 484 g/mol. The molecule has 1 atom stereocenters. The van der Waals surface area contributed by atoms with Crippen LogP contribution in [0.15, 0.2) is 12.1 Å². The van der Waals surface area contributed by atoms with E-state index in [0.717, 1.165) is 0 Å². The van der Waals surface area contributed by atoms with E-state index in [9.17, 15) is 71.1 Å². The number of hydrogen-bond acceptors (Lipinski definition) is 4. The highest BCUT2D eigenvalue weighted by atomic mass is 19.4. The summed E-state index contributed by atoms with van der Waals surface area (Å²) in [5.41, 5.74) is 0. The van der Waals surface area contributed by atoms with Crippen molar-refractivity contribution in [2.75, 3.05) is 0 Å². The molecular formula is C10H2F14O6. The van der Waals surface area contributed by atoms with Crippen molar-refractivity contribution in [2.24, 2.45) is 0 Å². The number of rotatable bonds is 9. The average Bonchev–Trinajstić information content (AvgIpc) is 2.51. The zero-order valence-electron chi connectivity index (χ0n) is 12.8. The van der Waals surface area contributed by atoms with Crippen LogP contribution in [0.4, 0.5) is 61.5 Å². The van der Waals surface area contributed by atoms with Gasteiger partial charge in [0.05, 0.1) is 0 Å². The number of hydrogen-bond donors (Lipinski definition) is 2. The summed E-state index contributed by atoms with van der Waals surface area (Å²) in [4.78, 5) is 20.4. The number of aliphatic carboxylic acids is 2. The molecule has 0 aliphatic rings. The lowest BCUT2D eigenvalue weighted by atomic mass is 10.0.